The standard InChI is InChI=1S/C35H43Cl2N3O5S/c1-3-45-29-21-19-28(20-22-29)40(46(2,43)44)23-11-18-34(41)39(25-30-31(36)16-10-17-32(30)37)33(24-26-12-6-4-7-13-26)35(42)38-27-14-8-5-9-15-27/h4,6-7,10,12-13,16-17,19-22,27,33H,3,5,8-9,11,14-15,18,23-25H2,1-2H3,(H,38,42). The summed E-state index contributed by atoms with van der Waals surface area (Å²) in [6.45, 7) is 2.48. The Balaban J connectivity index is 1.60. The van der Waals surface area contributed by atoms with Gasteiger partial charge in [-0.2, -0.15) is 0 Å². The van der Waals surface area contributed by atoms with E-state index in [1.165, 1.54) is 4.31 Å². The number of amides is 2. The highest BCUT2D eigenvalue weighted by Gasteiger charge is 2.33. The second-order valence-electron chi connectivity index (χ2n) is 11.6. The van der Waals surface area contributed by atoms with E-state index in [1.807, 2.05) is 37.3 Å². The topological polar surface area (TPSA) is 96.0 Å². The number of rotatable bonds is 15. The van der Waals surface area contributed by atoms with Crippen LogP contribution in [0, 0.1) is 0 Å². The highest BCUT2D eigenvalue weighted by molar-refractivity contribution is 7.92. The van der Waals surface area contributed by atoms with E-state index in [-0.39, 0.29) is 43.8 Å². The van der Waals surface area contributed by atoms with Gasteiger partial charge in [0.1, 0.15) is 11.8 Å². The van der Waals surface area contributed by atoms with Crippen LogP contribution in [0.15, 0.2) is 72.8 Å². The summed E-state index contributed by atoms with van der Waals surface area (Å²) in [5, 5.41) is 4.02. The van der Waals surface area contributed by atoms with Gasteiger partial charge in [0.15, 0.2) is 0 Å². The molecule has 8 nitrogen and oxygen atoms in total. The zero-order valence-corrected chi connectivity index (χ0v) is 28.8. The number of carbonyl (C=O) groups is 2. The molecule has 1 N–H and O–H groups in total. The minimum atomic E-state index is -3.64. The molecule has 0 spiro atoms. The number of sulfonamides is 1. The molecule has 3 aromatic carbocycles. The van der Waals surface area contributed by atoms with Crippen LogP contribution in [0.5, 0.6) is 5.75 Å². The molecule has 1 atom stereocenters. The van der Waals surface area contributed by atoms with Gasteiger partial charge in [0.05, 0.1) is 18.6 Å². The van der Waals surface area contributed by atoms with Crippen LogP contribution in [-0.4, -0.2) is 56.6 Å². The highest BCUT2D eigenvalue weighted by atomic mass is 35.5. The highest BCUT2D eigenvalue weighted by Crippen LogP contribution is 2.28. The number of ether oxygens (including phenoxy) is 1. The van der Waals surface area contributed by atoms with Crippen molar-refractivity contribution in [2.45, 2.75) is 76.9 Å². The normalized spacial score (nSPS) is 14.3. The third-order valence-electron chi connectivity index (χ3n) is 8.20. The molecular weight excluding hydrogens is 645 g/mol. The van der Waals surface area contributed by atoms with Gasteiger partial charge in [0.25, 0.3) is 0 Å². The first-order chi connectivity index (χ1) is 22.1. The second kappa shape index (κ2) is 17.0. The summed E-state index contributed by atoms with van der Waals surface area (Å²) in [4.78, 5) is 29.7. The Bertz CT molecular complexity index is 1530. The largest absolute Gasteiger partial charge is 0.494 e. The van der Waals surface area contributed by atoms with Crippen molar-refractivity contribution in [2.24, 2.45) is 0 Å². The fourth-order valence-corrected chi connectivity index (χ4v) is 7.31. The quantitative estimate of drug-likeness (QED) is 0.185. The molecule has 3 aromatic rings. The summed E-state index contributed by atoms with van der Waals surface area (Å²) >= 11 is 13.1. The van der Waals surface area contributed by atoms with E-state index in [0.29, 0.717) is 40.1 Å². The Labute approximate surface area is 283 Å². The SMILES string of the molecule is CCOc1ccc(N(CCCC(=O)N(Cc2c(Cl)cccc2Cl)C(Cc2ccccc2)C(=O)NC2CCCCC2)S(C)(=O)=O)cc1. The lowest BCUT2D eigenvalue weighted by molar-refractivity contribution is -0.141. The summed E-state index contributed by atoms with van der Waals surface area (Å²) in [5.74, 6) is 0.120. The molecule has 1 saturated carbocycles. The lowest BCUT2D eigenvalue weighted by atomic mass is 9.94. The van der Waals surface area contributed by atoms with E-state index in [0.717, 1.165) is 43.9 Å². The molecule has 46 heavy (non-hydrogen) atoms. The third-order valence-corrected chi connectivity index (χ3v) is 10.1. The van der Waals surface area contributed by atoms with E-state index in [9.17, 15) is 18.0 Å². The van der Waals surface area contributed by atoms with Crippen LogP contribution in [0.2, 0.25) is 10.0 Å². The van der Waals surface area contributed by atoms with Crippen molar-refractivity contribution < 1.29 is 22.7 Å². The first-order valence-electron chi connectivity index (χ1n) is 15.8. The minimum absolute atomic E-state index is 0.00706. The van der Waals surface area contributed by atoms with Gasteiger partial charge in [-0.05, 0) is 68.1 Å². The van der Waals surface area contributed by atoms with E-state index >= 15 is 0 Å². The van der Waals surface area contributed by atoms with Crippen molar-refractivity contribution in [1.29, 1.82) is 0 Å². The van der Waals surface area contributed by atoms with E-state index in [4.69, 9.17) is 27.9 Å². The van der Waals surface area contributed by atoms with Gasteiger partial charge in [-0.1, -0.05) is 78.9 Å². The maximum Gasteiger partial charge on any atom is 0.243 e. The number of hydrogen-bond acceptors (Lipinski definition) is 5. The average Bonchev–Trinajstić information content (AvgIpc) is 3.03. The van der Waals surface area contributed by atoms with Crippen LogP contribution in [0.25, 0.3) is 0 Å². The van der Waals surface area contributed by atoms with Gasteiger partial charge in [-0.15, -0.1) is 0 Å². The summed E-state index contributed by atoms with van der Waals surface area (Å²) in [5.41, 5.74) is 1.94. The average molecular weight is 689 g/mol. The summed E-state index contributed by atoms with van der Waals surface area (Å²) in [7, 11) is -3.64. The monoisotopic (exact) mass is 687 g/mol. The zero-order chi connectivity index (χ0) is 33.1. The van der Waals surface area contributed by atoms with Crippen LogP contribution in [0.1, 0.15) is 63.0 Å². The van der Waals surface area contributed by atoms with Crippen molar-refractivity contribution in [3.05, 3.63) is 94.0 Å². The summed E-state index contributed by atoms with van der Waals surface area (Å²) in [6, 6.07) is 20.8. The Kier molecular flexibility index (Phi) is 13.2. The van der Waals surface area contributed by atoms with Crippen LogP contribution in [-0.2, 0) is 32.6 Å². The minimum Gasteiger partial charge on any atom is -0.494 e. The number of carbonyl (C=O) groups excluding carboxylic acids is 2. The molecule has 0 aromatic heterocycles. The molecule has 0 heterocycles. The molecule has 0 bridgehead atoms. The Hall–Kier alpha value is -3.27. The molecule has 2 amide bonds. The number of nitrogens with zero attached hydrogens (tertiary/aromatic N) is 2. The molecule has 4 rings (SSSR count). The maximum atomic E-state index is 14.2. The molecule has 0 aliphatic heterocycles. The molecule has 1 aliphatic carbocycles. The van der Waals surface area contributed by atoms with E-state index < -0.39 is 16.1 Å². The molecule has 0 radical (unpaired) electrons. The maximum absolute atomic E-state index is 14.2. The number of anilines is 1. The van der Waals surface area contributed by atoms with Gasteiger partial charge in [0.2, 0.25) is 21.8 Å². The van der Waals surface area contributed by atoms with Gasteiger partial charge in [0, 0.05) is 47.6 Å². The second-order valence-corrected chi connectivity index (χ2v) is 14.4. The van der Waals surface area contributed by atoms with Gasteiger partial charge >= 0.3 is 0 Å². The first kappa shape index (κ1) is 35.6. The molecule has 1 fully saturated rings. The number of hydrogen-bond donors (Lipinski definition) is 1. The Morgan fingerprint density at radius 2 is 1.59 bits per heavy atom. The van der Waals surface area contributed by atoms with Crippen molar-refractivity contribution in [1.82, 2.24) is 10.2 Å². The fourth-order valence-electron chi connectivity index (χ4n) is 5.83. The summed E-state index contributed by atoms with van der Waals surface area (Å²) in [6.07, 6.45) is 6.74. The molecular formula is C35H43Cl2N3O5S. The first-order valence-corrected chi connectivity index (χ1v) is 18.4. The van der Waals surface area contributed by atoms with Crippen LogP contribution in [0.3, 0.4) is 0 Å². The smallest absolute Gasteiger partial charge is 0.243 e. The predicted octanol–water partition coefficient (Wildman–Crippen LogP) is 7.03. The lowest BCUT2D eigenvalue weighted by Gasteiger charge is -2.34. The van der Waals surface area contributed by atoms with Gasteiger partial charge in [-0.3, -0.25) is 13.9 Å². The van der Waals surface area contributed by atoms with Gasteiger partial charge in [-0.25, -0.2) is 8.42 Å². The Morgan fingerprint density at radius 1 is 0.935 bits per heavy atom. The van der Waals surface area contributed by atoms with Crippen molar-refractivity contribution in [2.75, 3.05) is 23.7 Å². The van der Waals surface area contributed by atoms with Crippen LogP contribution < -0.4 is 14.4 Å². The van der Waals surface area contributed by atoms with E-state index in [1.54, 1.807) is 47.4 Å². The third kappa shape index (κ3) is 10.1. The molecule has 0 saturated heterocycles. The zero-order valence-electron chi connectivity index (χ0n) is 26.5. The van der Waals surface area contributed by atoms with Crippen molar-refractivity contribution >= 4 is 50.7 Å². The molecule has 11 heteroatoms. The molecule has 1 unspecified atom stereocenters. The number of nitrogens with one attached hydrogen (secondary N) is 1. The fraction of sp³-hybridized carbons (Fsp3) is 0.429. The summed E-state index contributed by atoms with van der Waals surface area (Å²) < 4.78 is 32.3. The molecule has 1 aliphatic rings. The number of benzene rings is 3. The number of halogens is 2. The van der Waals surface area contributed by atoms with Crippen LogP contribution >= 0.6 is 23.2 Å². The molecule has 248 valence electrons. The predicted molar refractivity (Wildman–Crippen MR) is 185 cm³/mol. The van der Waals surface area contributed by atoms with E-state index in [2.05, 4.69) is 5.32 Å². The lowest BCUT2D eigenvalue weighted by Crippen LogP contribution is -2.53. The van der Waals surface area contributed by atoms with Crippen molar-refractivity contribution in [3.63, 3.8) is 0 Å². The Morgan fingerprint density at radius 3 is 2.20 bits per heavy atom. The van der Waals surface area contributed by atoms with Crippen LogP contribution in [0.4, 0.5) is 5.69 Å². The van der Waals surface area contributed by atoms with Gasteiger partial charge < -0.3 is 15.0 Å². The van der Waals surface area contributed by atoms with Crippen molar-refractivity contribution in [3.8, 4) is 5.75 Å².